The molecule has 0 aromatic carbocycles. The van der Waals surface area contributed by atoms with E-state index in [9.17, 15) is 9.59 Å². The van der Waals surface area contributed by atoms with Crippen molar-refractivity contribution in [1.29, 1.82) is 0 Å². The number of rotatable bonds is 5. The summed E-state index contributed by atoms with van der Waals surface area (Å²) in [6, 6.07) is 0.143. The molecule has 0 aliphatic carbocycles. The Morgan fingerprint density at radius 3 is 2.38 bits per heavy atom. The number of aromatic nitrogens is 1. The van der Waals surface area contributed by atoms with Gasteiger partial charge in [-0.3, -0.25) is 9.59 Å². The maximum atomic E-state index is 12.5. The van der Waals surface area contributed by atoms with Crippen LogP contribution in [0.4, 0.5) is 0 Å². The van der Waals surface area contributed by atoms with Gasteiger partial charge in [0, 0.05) is 31.5 Å². The van der Waals surface area contributed by atoms with Crippen LogP contribution in [0.15, 0.2) is 0 Å². The lowest BCUT2D eigenvalue weighted by molar-refractivity contribution is -0.133. The first-order valence-corrected chi connectivity index (χ1v) is 9.65. The van der Waals surface area contributed by atoms with E-state index in [2.05, 4.69) is 38.0 Å². The van der Waals surface area contributed by atoms with Crippen LogP contribution >= 0.6 is 11.3 Å². The number of likely N-dealkylation sites (tertiary alicyclic amines) is 1. The first-order valence-electron chi connectivity index (χ1n) is 8.83. The monoisotopic (exact) mass is 351 g/mol. The molecule has 0 bridgehead atoms. The molecule has 1 fully saturated rings. The minimum absolute atomic E-state index is 0.0242. The van der Waals surface area contributed by atoms with Crippen molar-refractivity contribution in [3.05, 3.63) is 15.6 Å². The number of nitrogens with one attached hydrogen (secondary N) is 1. The lowest BCUT2D eigenvalue weighted by Crippen LogP contribution is -2.46. The molecule has 134 valence electrons. The van der Waals surface area contributed by atoms with E-state index in [4.69, 9.17) is 0 Å². The molecule has 1 aliphatic heterocycles. The molecule has 24 heavy (non-hydrogen) atoms. The van der Waals surface area contributed by atoms with Gasteiger partial charge < -0.3 is 10.2 Å². The lowest BCUT2D eigenvalue weighted by atomic mass is 10.0. The van der Waals surface area contributed by atoms with E-state index in [-0.39, 0.29) is 17.9 Å². The average molecular weight is 352 g/mol. The van der Waals surface area contributed by atoms with E-state index in [1.807, 2.05) is 11.8 Å². The average Bonchev–Trinajstić information content (AvgIpc) is 2.89. The van der Waals surface area contributed by atoms with E-state index >= 15 is 0 Å². The van der Waals surface area contributed by atoms with Crippen molar-refractivity contribution < 1.29 is 9.59 Å². The molecule has 6 heteroatoms. The van der Waals surface area contributed by atoms with Gasteiger partial charge in [-0.05, 0) is 25.7 Å². The van der Waals surface area contributed by atoms with Crippen LogP contribution in [0.2, 0.25) is 0 Å². The number of hydrogen-bond acceptors (Lipinski definition) is 4. The third-order valence-corrected chi connectivity index (χ3v) is 5.74. The number of carbonyl (C=O) groups excluding carboxylic acids is 2. The molecule has 1 aromatic rings. The molecular formula is C18H29N3O2S. The first-order chi connectivity index (χ1) is 11.3. The largest absolute Gasteiger partial charge is 0.348 e. The summed E-state index contributed by atoms with van der Waals surface area (Å²) in [5.41, 5.74) is 0.811. The summed E-state index contributed by atoms with van der Waals surface area (Å²) in [5.74, 6) is 0.934. The second kappa shape index (κ2) is 8.10. The molecule has 2 amide bonds. The maximum Gasteiger partial charge on any atom is 0.263 e. The zero-order chi connectivity index (χ0) is 17.9. The maximum absolute atomic E-state index is 12.5. The lowest BCUT2D eigenvalue weighted by Gasteiger charge is -2.32. The van der Waals surface area contributed by atoms with Crippen molar-refractivity contribution in [2.75, 3.05) is 13.1 Å². The molecule has 0 radical (unpaired) electrons. The smallest absolute Gasteiger partial charge is 0.263 e. The van der Waals surface area contributed by atoms with E-state index < -0.39 is 0 Å². The topological polar surface area (TPSA) is 62.3 Å². The molecule has 5 nitrogen and oxygen atoms in total. The highest BCUT2D eigenvalue weighted by molar-refractivity contribution is 7.13. The fourth-order valence-electron chi connectivity index (χ4n) is 2.88. The quantitative estimate of drug-likeness (QED) is 0.885. The number of aryl methyl sites for hydroxylation is 1. The Kier molecular flexibility index (Phi) is 6.38. The van der Waals surface area contributed by atoms with Crippen LogP contribution in [0, 0.1) is 12.8 Å². The van der Waals surface area contributed by atoms with Crippen LogP contribution in [0.1, 0.15) is 73.2 Å². The third-order valence-electron chi connectivity index (χ3n) is 4.28. The summed E-state index contributed by atoms with van der Waals surface area (Å²) >= 11 is 1.49. The predicted octanol–water partition coefficient (Wildman–Crippen LogP) is 3.34. The van der Waals surface area contributed by atoms with Crippen molar-refractivity contribution in [2.45, 2.75) is 65.8 Å². The third kappa shape index (κ3) is 4.79. The predicted molar refractivity (Wildman–Crippen MR) is 97.5 cm³/mol. The van der Waals surface area contributed by atoms with Gasteiger partial charge in [0.25, 0.3) is 5.91 Å². The molecular weight excluding hydrogens is 322 g/mol. The summed E-state index contributed by atoms with van der Waals surface area (Å²) in [6.45, 7) is 11.7. The summed E-state index contributed by atoms with van der Waals surface area (Å²) < 4.78 is 0. The highest BCUT2D eigenvalue weighted by atomic mass is 32.1. The summed E-state index contributed by atoms with van der Waals surface area (Å²) in [7, 11) is 0. The molecule has 1 saturated heterocycles. The van der Waals surface area contributed by atoms with Gasteiger partial charge in [-0.1, -0.05) is 27.7 Å². The SMILES string of the molecule is Cc1nc(C(C)C)sc1C(=O)NC1CCN(C(=O)CC(C)C)CC1. The normalized spacial score (nSPS) is 16.0. The van der Waals surface area contributed by atoms with Gasteiger partial charge in [-0.25, -0.2) is 4.98 Å². The molecule has 0 unspecified atom stereocenters. The van der Waals surface area contributed by atoms with Gasteiger partial charge in [-0.15, -0.1) is 11.3 Å². The first kappa shape index (κ1) is 18.9. The second-order valence-corrected chi connectivity index (χ2v) is 8.38. The number of hydrogen-bond donors (Lipinski definition) is 1. The van der Waals surface area contributed by atoms with Crippen LogP contribution in [-0.2, 0) is 4.79 Å². The molecule has 2 rings (SSSR count). The molecule has 0 spiro atoms. The molecule has 1 aliphatic rings. The summed E-state index contributed by atoms with van der Waals surface area (Å²) in [6.07, 6.45) is 2.25. The van der Waals surface area contributed by atoms with Gasteiger partial charge in [0.2, 0.25) is 5.91 Å². The zero-order valence-electron chi connectivity index (χ0n) is 15.4. The Morgan fingerprint density at radius 1 is 1.25 bits per heavy atom. The number of carbonyl (C=O) groups is 2. The fourth-order valence-corrected chi connectivity index (χ4v) is 3.85. The Morgan fingerprint density at radius 2 is 1.88 bits per heavy atom. The number of amides is 2. The van der Waals surface area contributed by atoms with Crippen molar-refractivity contribution >= 4 is 23.2 Å². The second-order valence-electron chi connectivity index (χ2n) is 7.35. The highest BCUT2D eigenvalue weighted by Crippen LogP contribution is 2.25. The number of thiazole rings is 1. The van der Waals surface area contributed by atoms with Gasteiger partial charge in [0.05, 0.1) is 10.7 Å². The molecule has 0 saturated carbocycles. The van der Waals surface area contributed by atoms with E-state index in [0.29, 0.717) is 18.3 Å². The van der Waals surface area contributed by atoms with Gasteiger partial charge in [0.15, 0.2) is 0 Å². The molecule has 2 heterocycles. The Balaban J connectivity index is 1.87. The van der Waals surface area contributed by atoms with Crippen LogP contribution in [-0.4, -0.2) is 40.8 Å². The summed E-state index contributed by atoms with van der Waals surface area (Å²) in [5, 5.41) is 4.13. The van der Waals surface area contributed by atoms with Crippen LogP contribution < -0.4 is 5.32 Å². The van der Waals surface area contributed by atoms with Crippen LogP contribution in [0.25, 0.3) is 0 Å². The summed E-state index contributed by atoms with van der Waals surface area (Å²) in [4.78, 5) is 31.8. The fraction of sp³-hybridized carbons (Fsp3) is 0.722. The van der Waals surface area contributed by atoms with Crippen molar-refractivity contribution in [2.24, 2.45) is 5.92 Å². The highest BCUT2D eigenvalue weighted by Gasteiger charge is 2.25. The zero-order valence-corrected chi connectivity index (χ0v) is 16.2. The molecule has 1 N–H and O–H groups in total. The van der Waals surface area contributed by atoms with Gasteiger partial charge in [-0.2, -0.15) is 0 Å². The Labute approximate surface area is 148 Å². The van der Waals surface area contributed by atoms with Crippen molar-refractivity contribution in [3.63, 3.8) is 0 Å². The minimum atomic E-state index is -0.0242. The van der Waals surface area contributed by atoms with Crippen LogP contribution in [0.5, 0.6) is 0 Å². The standard InChI is InChI=1S/C18H29N3O2S/c1-11(2)10-15(22)21-8-6-14(7-9-21)20-17(23)16-13(5)19-18(24-16)12(3)4/h11-12,14H,6-10H2,1-5H3,(H,20,23). The molecule has 1 aromatic heterocycles. The van der Waals surface area contributed by atoms with Crippen molar-refractivity contribution in [1.82, 2.24) is 15.2 Å². The Bertz CT molecular complexity index is 587. The van der Waals surface area contributed by atoms with E-state index in [0.717, 1.165) is 41.5 Å². The van der Waals surface area contributed by atoms with Gasteiger partial charge >= 0.3 is 0 Å². The van der Waals surface area contributed by atoms with E-state index in [1.165, 1.54) is 11.3 Å². The molecule has 0 atom stereocenters. The van der Waals surface area contributed by atoms with Gasteiger partial charge in [0.1, 0.15) is 4.88 Å². The number of piperidine rings is 1. The number of nitrogens with zero attached hydrogens (tertiary/aromatic N) is 2. The van der Waals surface area contributed by atoms with E-state index in [1.54, 1.807) is 0 Å². The Hall–Kier alpha value is -1.43. The minimum Gasteiger partial charge on any atom is -0.348 e. The van der Waals surface area contributed by atoms with Crippen LogP contribution in [0.3, 0.4) is 0 Å². The van der Waals surface area contributed by atoms with Crippen molar-refractivity contribution in [3.8, 4) is 0 Å².